The Labute approximate surface area is 202 Å². The van der Waals surface area contributed by atoms with Crippen LogP contribution >= 0.6 is 0 Å². The van der Waals surface area contributed by atoms with Gasteiger partial charge in [-0.25, -0.2) is 23.4 Å². The average Bonchev–Trinajstić information content (AvgIpc) is 2.82. The fourth-order valence-electron chi connectivity index (χ4n) is 4.24. The summed E-state index contributed by atoms with van der Waals surface area (Å²) >= 11 is 0. The molecule has 1 aliphatic rings. The van der Waals surface area contributed by atoms with E-state index < -0.39 is 42.3 Å². The number of pyridine rings is 1. The van der Waals surface area contributed by atoms with E-state index in [1.54, 1.807) is 13.0 Å². The molecule has 0 aliphatic heterocycles. The maximum Gasteiger partial charge on any atom is 0.329 e. The number of carbonyl (C=O) groups excluding carboxylic acids is 1. The largest absolute Gasteiger partial charge is 0.494 e. The van der Waals surface area contributed by atoms with E-state index >= 15 is 0 Å². The van der Waals surface area contributed by atoms with Crippen molar-refractivity contribution in [1.29, 1.82) is 5.26 Å². The number of aliphatic carboxylic acids is 1. The summed E-state index contributed by atoms with van der Waals surface area (Å²) in [6.07, 6.45) is 1.69. The van der Waals surface area contributed by atoms with E-state index in [-0.39, 0.29) is 18.0 Å². The number of benzene rings is 1. The Morgan fingerprint density at radius 1 is 1.29 bits per heavy atom. The van der Waals surface area contributed by atoms with Crippen LogP contribution in [0, 0.1) is 11.3 Å². The van der Waals surface area contributed by atoms with Gasteiger partial charge in [-0.2, -0.15) is 5.26 Å². The van der Waals surface area contributed by atoms with Gasteiger partial charge in [0, 0.05) is 25.6 Å². The van der Waals surface area contributed by atoms with Crippen LogP contribution in [0.5, 0.6) is 5.75 Å². The number of aromatic nitrogens is 1. The highest BCUT2D eigenvalue weighted by Gasteiger charge is 2.62. The molecular formula is C25H28F2N4O4. The van der Waals surface area contributed by atoms with Crippen molar-refractivity contribution in [2.24, 2.45) is 0 Å². The molecule has 1 aliphatic carbocycles. The summed E-state index contributed by atoms with van der Waals surface area (Å²) in [5.74, 6) is -4.39. The van der Waals surface area contributed by atoms with Crippen LogP contribution < -0.4 is 10.1 Å². The number of aryl methyl sites for hydroxylation is 1. The second-order valence-electron chi connectivity index (χ2n) is 8.77. The Morgan fingerprint density at radius 3 is 2.54 bits per heavy atom. The van der Waals surface area contributed by atoms with Gasteiger partial charge in [-0.1, -0.05) is 30.3 Å². The number of methoxy groups -OCH3 is 1. The van der Waals surface area contributed by atoms with Crippen LogP contribution in [0.3, 0.4) is 0 Å². The number of carbonyl (C=O) groups is 2. The Hall–Kier alpha value is -3.74. The molecule has 2 N–H and O–H groups in total. The summed E-state index contributed by atoms with van der Waals surface area (Å²) < 4.78 is 32.3. The van der Waals surface area contributed by atoms with Crippen molar-refractivity contribution in [1.82, 2.24) is 15.2 Å². The zero-order valence-electron chi connectivity index (χ0n) is 19.6. The lowest BCUT2D eigenvalue weighted by Gasteiger charge is -2.45. The Bertz CT molecular complexity index is 1100. The van der Waals surface area contributed by atoms with E-state index in [9.17, 15) is 28.7 Å². The first-order valence-corrected chi connectivity index (χ1v) is 11.3. The first-order valence-electron chi connectivity index (χ1n) is 11.3. The normalized spacial score (nSPS) is 16.3. The summed E-state index contributed by atoms with van der Waals surface area (Å²) in [5.41, 5.74) is -0.214. The minimum Gasteiger partial charge on any atom is -0.494 e. The second kappa shape index (κ2) is 10.7. The maximum atomic E-state index is 13.6. The van der Waals surface area contributed by atoms with Crippen LogP contribution in [0.4, 0.5) is 13.6 Å². The molecule has 3 rings (SSSR count). The molecule has 1 saturated carbocycles. The SMILES string of the molecule is COc1cc(C(C)N(CCCCc2ccccc2)C(=O)NC2(C(=O)O)CC(F)(F)C2)cnc1C#N. The Morgan fingerprint density at radius 2 is 1.97 bits per heavy atom. The van der Waals surface area contributed by atoms with Crippen molar-refractivity contribution >= 4 is 12.0 Å². The number of carboxylic acid groups (broad SMARTS) is 1. The number of rotatable bonds is 10. The molecule has 8 nitrogen and oxygen atoms in total. The Balaban J connectivity index is 1.78. The molecule has 0 radical (unpaired) electrons. The first kappa shape index (κ1) is 25.9. The lowest BCUT2D eigenvalue weighted by molar-refractivity contribution is -0.175. The molecule has 0 spiro atoms. The predicted octanol–water partition coefficient (Wildman–Crippen LogP) is 4.31. The molecule has 1 aromatic carbocycles. The van der Waals surface area contributed by atoms with Crippen LogP contribution in [0.25, 0.3) is 0 Å². The summed E-state index contributed by atoms with van der Waals surface area (Å²) in [6.45, 7) is 1.98. The quantitative estimate of drug-likeness (QED) is 0.484. The van der Waals surface area contributed by atoms with Gasteiger partial charge >= 0.3 is 12.0 Å². The van der Waals surface area contributed by atoms with Crippen LogP contribution in [-0.2, 0) is 11.2 Å². The van der Waals surface area contributed by atoms with Gasteiger partial charge in [0.2, 0.25) is 0 Å². The van der Waals surface area contributed by atoms with Crippen molar-refractivity contribution in [3.05, 3.63) is 59.4 Å². The molecule has 1 atom stereocenters. The molecule has 35 heavy (non-hydrogen) atoms. The van der Waals surface area contributed by atoms with Crippen LogP contribution in [0.2, 0.25) is 0 Å². The van der Waals surface area contributed by atoms with Crippen LogP contribution in [0.1, 0.15) is 55.5 Å². The van der Waals surface area contributed by atoms with E-state index in [2.05, 4.69) is 10.3 Å². The number of nitriles is 1. The third kappa shape index (κ3) is 6.04. The minimum atomic E-state index is -3.14. The maximum absolute atomic E-state index is 13.6. The topological polar surface area (TPSA) is 116 Å². The molecule has 1 aromatic heterocycles. The van der Waals surface area contributed by atoms with Gasteiger partial charge in [-0.3, -0.25) is 0 Å². The van der Waals surface area contributed by atoms with Crippen LogP contribution in [-0.4, -0.2) is 52.1 Å². The third-order valence-corrected chi connectivity index (χ3v) is 6.24. The van der Waals surface area contributed by atoms with Crippen molar-refractivity contribution < 1.29 is 28.2 Å². The van der Waals surface area contributed by atoms with Gasteiger partial charge in [0.05, 0.1) is 13.2 Å². The molecule has 2 aromatic rings. The molecule has 1 heterocycles. The monoisotopic (exact) mass is 486 g/mol. The van der Waals surface area contributed by atoms with Crippen molar-refractivity contribution in [2.45, 2.75) is 56.5 Å². The molecule has 1 unspecified atom stereocenters. The standard InChI is InChI=1S/C25H28F2N4O4/c1-17(19-12-21(35-2)20(13-28)29-14-19)31(11-7-6-10-18-8-4-3-5-9-18)23(34)30-24(22(32)33)15-25(26,27)16-24/h3-5,8-9,12,14,17H,6-7,10-11,15-16H2,1-2H3,(H,30,34)(H,32,33). The van der Waals surface area contributed by atoms with Gasteiger partial charge in [-0.15, -0.1) is 0 Å². The average molecular weight is 487 g/mol. The molecule has 10 heteroatoms. The second-order valence-corrected chi connectivity index (χ2v) is 8.77. The molecule has 0 bridgehead atoms. The number of nitrogens with one attached hydrogen (secondary N) is 1. The number of ether oxygens (including phenoxy) is 1. The van der Waals surface area contributed by atoms with E-state index in [4.69, 9.17) is 4.74 Å². The van der Waals surface area contributed by atoms with E-state index in [1.807, 2.05) is 36.4 Å². The summed E-state index contributed by atoms with van der Waals surface area (Å²) in [6, 6.07) is 12.0. The van der Waals surface area contributed by atoms with Crippen molar-refractivity contribution in [3.8, 4) is 11.8 Å². The van der Waals surface area contributed by atoms with Gasteiger partial charge in [0.25, 0.3) is 5.92 Å². The van der Waals surface area contributed by atoms with Gasteiger partial charge in [-0.05, 0) is 43.4 Å². The zero-order chi connectivity index (χ0) is 25.6. The Kier molecular flexibility index (Phi) is 7.89. The third-order valence-electron chi connectivity index (χ3n) is 6.24. The fourth-order valence-corrected chi connectivity index (χ4v) is 4.24. The molecule has 1 fully saturated rings. The number of nitrogens with zero attached hydrogens (tertiary/aromatic N) is 3. The van der Waals surface area contributed by atoms with E-state index in [0.717, 1.165) is 18.4 Å². The highest BCUT2D eigenvalue weighted by molar-refractivity contribution is 5.88. The number of hydrogen-bond donors (Lipinski definition) is 2. The number of urea groups is 1. The lowest BCUT2D eigenvalue weighted by atomic mass is 9.73. The number of unbranched alkanes of at least 4 members (excludes halogenated alkanes) is 1. The number of alkyl halides is 2. The summed E-state index contributed by atoms with van der Waals surface area (Å²) in [5, 5.41) is 21.1. The van der Waals surface area contributed by atoms with E-state index in [1.165, 1.54) is 18.2 Å². The molecule has 2 amide bonds. The lowest BCUT2D eigenvalue weighted by Crippen LogP contribution is -2.68. The van der Waals surface area contributed by atoms with Gasteiger partial charge < -0.3 is 20.1 Å². The first-order chi connectivity index (χ1) is 16.6. The molecule has 186 valence electrons. The zero-order valence-corrected chi connectivity index (χ0v) is 19.6. The van der Waals surface area contributed by atoms with Crippen molar-refractivity contribution in [3.63, 3.8) is 0 Å². The van der Waals surface area contributed by atoms with Crippen molar-refractivity contribution in [2.75, 3.05) is 13.7 Å². The number of hydrogen-bond acceptors (Lipinski definition) is 5. The van der Waals surface area contributed by atoms with Crippen LogP contribution in [0.15, 0.2) is 42.6 Å². The number of carboxylic acids is 1. The highest BCUT2D eigenvalue weighted by atomic mass is 19.3. The summed E-state index contributed by atoms with van der Waals surface area (Å²) in [7, 11) is 1.40. The fraction of sp³-hybridized carbons (Fsp3) is 0.440. The molecule has 0 saturated heterocycles. The number of amides is 2. The molecular weight excluding hydrogens is 458 g/mol. The van der Waals surface area contributed by atoms with Gasteiger partial charge in [0.1, 0.15) is 6.07 Å². The van der Waals surface area contributed by atoms with E-state index in [0.29, 0.717) is 12.0 Å². The highest BCUT2D eigenvalue weighted by Crippen LogP contribution is 2.46. The van der Waals surface area contributed by atoms with Gasteiger partial charge in [0.15, 0.2) is 17.0 Å². The minimum absolute atomic E-state index is 0.0869. The summed E-state index contributed by atoms with van der Waals surface area (Å²) in [4.78, 5) is 30.5. The predicted molar refractivity (Wildman–Crippen MR) is 123 cm³/mol. The smallest absolute Gasteiger partial charge is 0.329 e. The number of halogens is 2.